The number of nitrogens with zero attached hydrogens (tertiary/aromatic N) is 3. The SMILES string of the molecule is c1ccc(-c2nc3ccccc3n2CCN2CCCC2)cc1. The van der Waals surface area contributed by atoms with Gasteiger partial charge in [-0.25, -0.2) is 4.98 Å². The highest BCUT2D eigenvalue weighted by atomic mass is 15.2. The molecule has 0 bridgehead atoms. The van der Waals surface area contributed by atoms with Crippen LogP contribution in [0.25, 0.3) is 22.4 Å². The lowest BCUT2D eigenvalue weighted by atomic mass is 10.2. The molecule has 1 aliphatic heterocycles. The molecule has 0 spiro atoms. The minimum absolute atomic E-state index is 1.00. The molecule has 22 heavy (non-hydrogen) atoms. The van der Waals surface area contributed by atoms with Gasteiger partial charge in [0.1, 0.15) is 5.82 Å². The van der Waals surface area contributed by atoms with Gasteiger partial charge in [-0.3, -0.25) is 0 Å². The van der Waals surface area contributed by atoms with Gasteiger partial charge in [0.05, 0.1) is 11.0 Å². The molecule has 0 unspecified atom stereocenters. The van der Waals surface area contributed by atoms with Gasteiger partial charge in [0.25, 0.3) is 0 Å². The third-order valence-electron chi connectivity index (χ3n) is 4.53. The largest absolute Gasteiger partial charge is 0.323 e. The Morgan fingerprint density at radius 1 is 0.818 bits per heavy atom. The summed E-state index contributed by atoms with van der Waals surface area (Å²) in [6, 6.07) is 19.0. The number of aromatic nitrogens is 2. The molecule has 2 aromatic carbocycles. The molecule has 112 valence electrons. The Labute approximate surface area is 131 Å². The summed E-state index contributed by atoms with van der Waals surface area (Å²) in [6.07, 6.45) is 2.69. The molecule has 1 aliphatic rings. The molecule has 0 radical (unpaired) electrons. The maximum atomic E-state index is 4.87. The smallest absolute Gasteiger partial charge is 0.141 e. The van der Waals surface area contributed by atoms with E-state index in [0.717, 1.165) is 24.4 Å². The van der Waals surface area contributed by atoms with Crippen molar-refractivity contribution in [3.05, 3.63) is 54.6 Å². The van der Waals surface area contributed by atoms with Crippen LogP contribution in [0.5, 0.6) is 0 Å². The van der Waals surface area contributed by atoms with E-state index in [2.05, 4.69) is 64.1 Å². The van der Waals surface area contributed by atoms with E-state index in [1.54, 1.807) is 0 Å². The van der Waals surface area contributed by atoms with Crippen molar-refractivity contribution in [1.82, 2.24) is 14.5 Å². The summed E-state index contributed by atoms with van der Waals surface area (Å²) in [4.78, 5) is 7.43. The first-order chi connectivity index (χ1) is 10.9. The molecule has 0 N–H and O–H groups in total. The second-order valence-corrected chi connectivity index (χ2v) is 5.99. The summed E-state index contributed by atoms with van der Waals surface area (Å²) in [5.41, 5.74) is 3.52. The minimum atomic E-state index is 1.00. The van der Waals surface area contributed by atoms with Crippen molar-refractivity contribution in [2.24, 2.45) is 0 Å². The quantitative estimate of drug-likeness (QED) is 0.729. The van der Waals surface area contributed by atoms with Crippen LogP contribution in [0.4, 0.5) is 0 Å². The third-order valence-corrected chi connectivity index (χ3v) is 4.53. The Bertz CT molecular complexity index is 755. The number of imidazole rings is 1. The molecule has 2 heterocycles. The zero-order chi connectivity index (χ0) is 14.8. The number of hydrogen-bond acceptors (Lipinski definition) is 2. The van der Waals surface area contributed by atoms with Crippen molar-refractivity contribution in [3.63, 3.8) is 0 Å². The Balaban J connectivity index is 1.73. The van der Waals surface area contributed by atoms with E-state index < -0.39 is 0 Å². The van der Waals surface area contributed by atoms with Gasteiger partial charge in [-0.2, -0.15) is 0 Å². The summed E-state index contributed by atoms with van der Waals surface area (Å²) in [7, 11) is 0. The van der Waals surface area contributed by atoms with Crippen molar-refractivity contribution in [3.8, 4) is 11.4 Å². The van der Waals surface area contributed by atoms with Crippen molar-refractivity contribution < 1.29 is 0 Å². The lowest BCUT2D eigenvalue weighted by Gasteiger charge is -2.16. The lowest BCUT2D eigenvalue weighted by molar-refractivity contribution is 0.325. The highest BCUT2D eigenvalue weighted by Crippen LogP contribution is 2.24. The lowest BCUT2D eigenvalue weighted by Crippen LogP contribution is -2.24. The van der Waals surface area contributed by atoms with E-state index in [9.17, 15) is 0 Å². The zero-order valence-electron chi connectivity index (χ0n) is 12.8. The number of benzene rings is 2. The summed E-state index contributed by atoms with van der Waals surface area (Å²) < 4.78 is 2.38. The Kier molecular flexibility index (Phi) is 3.65. The molecule has 1 saturated heterocycles. The monoisotopic (exact) mass is 291 g/mol. The number of para-hydroxylation sites is 2. The summed E-state index contributed by atoms with van der Waals surface area (Å²) >= 11 is 0. The van der Waals surface area contributed by atoms with Crippen LogP contribution >= 0.6 is 0 Å². The second-order valence-electron chi connectivity index (χ2n) is 5.99. The van der Waals surface area contributed by atoms with E-state index in [0.29, 0.717) is 0 Å². The highest BCUT2D eigenvalue weighted by molar-refractivity contribution is 5.80. The van der Waals surface area contributed by atoms with Gasteiger partial charge in [0, 0.05) is 18.7 Å². The Morgan fingerprint density at radius 3 is 2.36 bits per heavy atom. The molecule has 0 saturated carbocycles. The number of hydrogen-bond donors (Lipinski definition) is 0. The van der Waals surface area contributed by atoms with Crippen molar-refractivity contribution in [1.29, 1.82) is 0 Å². The molecular weight excluding hydrogens is 270 g/mol. The number of fused-ring (bicyclic) bond motifs is 1. The average Bonchev–Trinajstić information content (AvgIpc) is 3.21. The molecule has 3 nitrogen and oxygen atoms in total. The van der Waals surface area contributed by atoms with Crippen LogP contribution in [0.15, 0.2) is 54.6 Å². The maximum absolute atomic E-state index is 4.87. The molecular formula is C19H21N3. The van der Waals surface area contributed by atoms with Gasteiger partial charge in [-0.1, -0.05) is 42.5 Å². The van der Waals surface area contributed by atoms with Crippen molar-refractivity contribution in [2.75, 3.05) is 19.6 Å². The fourth-order valence-electron chi connectivity index (χ4n) is 3.36. The first kappa shape index (κ1) is 13.5. The molecule has 3 heteroatoms. The van der Waals surface area contributed by atoms with Gasteiger partial charge in [0.2, 0.25) is 0 Å². The average molecular weight is 291 g/mol. The van der Waals surface area contributed by atoms with Crippen LogP contribution in [-0.4, -0.2) is 34.1 Å². The van der Waals surface area contributed by atoms with Gasteiger partial charge in [-0.15, -0.1) is 0 Å². The molecule has 4 rings (SSSR count). The van der Waals surface area contributed by atoms with Crippen LogP contribution in [-0.2, 0) is 6.54 Å². The molecule has 1 fully saturated rings. The summed E-state index contributed by atoms with van der Waals surface area (Å²) in [5.74, 6) is 1.08. The van der Waals surface area contributed by atoms with Crippen LogP contribution in [0, 0.1) is 0 Å². The van der Waals surface area contributed by atoms with Crippen LogP contribution in [0.1, 0.15) is 12.8 Å². The van der Waals surface area contributed by atoms with E-state index in [1.807, 2.05) is 0 Å². The minimum Gasteiger partial charge on any atom is -0.323 e. The van der Waals surface area contributed by atoms with Crippen LogP contribution in [0.3, 0.4) is 0 Å². The predicted octanol–water partition coefficient (Wildman–Crippen LogP) is 3.80. The van der Waals surface area contributed by atoms with E-state index in [-0.39, 0.29) is 0 Å². The highest BCUT2D eigenvalue weighted by Gasteiger charge is 2.15. The summed E-state index contributed by atoms with van der Waals surface area (Å²) in [6.45, 7) is 4.60. The molecule has 3 aromatic rings. The normalized spacial score (nSPS) is 15.6. The van der Waals surface area contributed by atoms with Crippen molar-refractivity contribution >= 4 is 11.0 Å². The molecule has 0 amide bonds. The van der Waals surface area contributed by atoms with Crippen molar-refractivity contribution in [2.45, 2.75) is 19.4 Å². The van der Waals surface area contributed by atoms with E-state index in [4.69, 9.17) is 4.98 Å². The molecule has 1 aromatic heterocycles. The zero-order valence-corrected chi connectivity index (χ0v) is 12.8. The fourth-order valence-corrected chi connectivity index (χ4v) is 3.36. The van der Waals surface area contributed by atoms with Gasteiger partial charge < -0.3 is 9.47 Å². The van der Waals surface area contributed by atoms with Gasteiger partial charge >= 0.3 is 0 Å². The van der Waals surface area contributed by atoms with E-state index >= 15 is 0 Å². The van der Waals surface area contributed by atoms with Crippen LogP contribution < -0.4 is 0 Å². The topological polar surface area (TPSA) is 21.1 Å². The number of rotatable bonds is 4. The maximum Gasteiger partial charge on any atom is 0.141 e. The molecule has 0 atom stereocenters. The predicted molar refractivity (Wildman–Crippen MR) is 90.8 cm³/mol. The van der Waals surface area contributed by atoms with Gasteiger partial charge in [-0.05, 0) is 38.1 Å². The Morgan fingerprint density at radius 2 is 1.55 bits per heavy atom. The first-order valence-corrected chi connectivity index (χ1v) is 8.15. The van der Waals surface area contributed by atoms with Crippen LogP contribution in [0.2, 0.25) is 0 Å². The summed E-state index contributed by atoms with van der Waals surface area (Å²) in [5, 5.41) is 0. The fraction of sp³-hybridized carbons (Fsp3) is 0.316. The third kappa shape index (κ3) is 2.53. The molecule has 0 aliphatic carbocycles. The first-order valence-electron chi connectivity index (χ1n) is 8.15. The number of likely N-dealkylation sites (tertiary alicyclic amines) is 1. The second kappa shape index (κ2) is 5.93. The van der Waals surface area contributed by atoms with E-state index in [1.165, 1.54) is 37.0 Å². The van der Waals surface area contributed by atoms with Gasteiger partial charge in [0.15, 0.2) is 0 Å². The standard InChI is InChI=1S/C19H21N3/c1-2-8-16(9-3-1)19-20-17-10-4-5-11-18(17)22(19)15-14-21-12-6-7-13-21/h1-5,8-11H,6-7,12-15H2. The Hall–Kier alpha value is -2.13.